The summed E-state index contributed by atoms with van der Waals surface area (Å²) in [6.07, 6.45) is 1.71. The molecule has 0 aliphatic carbocycles. The lowest BCUT2D eigenvalue weighted by Crippen LogP contribution is -2.30. The summed E-state index contributed by atoms with van der Waals surface area (Å²) in [5, 5.41) is 0. The summed E-state index contributed by atoms with van der Waals surface area (Å²) in [5.74, 6) is 0. The van der Waals surface area contributed by atoms with Gasteiger partial charge in [0.25, 0.3) is 0 Å². The number of rotatable bonds is 1. The van der Waals surface area contributed by atoms with Gasteiger partial charge < -0.3 is 4.98 Å². The molecule has 0 unspecified atom stereocenters. The molecular weight excluding hydrogens is 142 g/mol. The second kappa shape index (κ2) is 1.92. The molecule has 0 fully saturated rings. The zero-order chi connectivity index (χ0) is 7.84. The van der Waals surface area contributed by atoms with Crippen molar-refractivity contribution in [3.63, 3.8) is 0 Å². The first-order valence-corrected chi connectivity index (χ1v) is 3.23. The number of hydrogen-bond donors (Lipinski definition) is 1. The predicted molar refractivity (Wildman–Crippen MR) is 41.1 cm³/mol. The van der Waals surface area contributed by atoms with Gasteiger partial charge in [0.1, 0.15) is 0 Å². The van der Waals surface area contributed by atoms with Crippen LogP contribution < -0.4 is 10.9 Å². The Balaban J connectivity index is 2.59. The largest absolute Gasteiger partial charge is 0.361 e. The van der Waals surface area contributed by atoms with Crippen LogP contribution in [0.4, 0.5) is 0 Å². The Morgan fingerprint density at radius 1 is 1.27 bits per heavy atom. The predicted octanol–water partition coefficient (Wildman–Crippen LogP) is 0.278. The minimum Gasteiger partial charge on any atom is -0.361 e. The van der Waals surface area contributed by atoms with Crippen LogP contribution >= 0.6 is 0 Å². The molecule has 0 bridgehead atoms. The van der Waals surface area contributed by atoms with Gasteiger partial charge in [0.2, 0.25) is 10.9 Å². The van der Waals surface area contributed by atoms with Gasteiger partial charge in [-0.1, -0.05) is 0 Å². The third-order valence-electron chi connectivity index (χ3n) is 1.63. The van der Waals surface area contributed by atoms with Gasteiger partial charge in [-0.3, -0.25) is 9.59 Å². The van der Waals surface area contributed by atoms with Crippen LogP contribution in [0.25, 0.3) is 11.3 Å². The van der Waals surface area contributed by atoms with Gasteiger partial charge in [-0.2, -0.15) is 0 Å². The van der Waals surface area contributed by atoms with E-state index in [-0.39, 0.29) is 0 Å². The Morgan fingerprint density at radius 2 is 2.09 bits per heavy atom. The normalized spacial score (nSPS) is 10.5. The molecule has 1 N–H and O–H groups in total. The topological polar surface area (TPSA) is 49.9 Å². The van der Waals surface area contributed by atoms with E-state index >= 15 is 0 Å². The molecule has 0 aliphatic heterocycles. The fraction of sp³-hybridized carbons (Fsp3) is 0. The fourth-order valence-electron chi connectivity index (χ4n) is 1.02. The van der Waals surface area contributed by atoms with Crippen molar-refractivity contribution in [2.24, 2.45) is 0 Å². The van der Waals surface area contributed by atoms with Gasteiger partial charge in [-0.05, 0) is 12.1 Å². The number of hydrogen-bond acceptors (Lipinski definition) is 2. The van der Waals surface area contributed by atoms with Gasteiger partial charge in [-0.25, -0.2) is 0 Å². The molecule has 0 aliphatic rings. The number of aromatic nitrogens is 1. The van der Waals surface area contributed by atoms with Crippen LogP contribution in [-0.4, -0.2) is 4.98 Å². The molecular formula is C8H5NO2. The highest BCUT2D eigenvalue weighted by molar-refractivity contribution is 5.61. The van der Waals surface area contributed by atoms with Crippen LogP contribution in [0.15, 0.2) is 34.0 Å². The molecule has 0 saturated carbocycles. The van der Waals surface area contributed by atoms with Crippen LogP contribution in [0.5, 0.6) is 0 Å². The lowest BCUT2D eigenvalue weighted by Gasteiger charge is -1.95. The van der Waals surface area contributed by atoms with Gasteiger partial charge >= 0.3 is 0 Å². The van der Waals surface area contributed by atoms with E-state index in [9.17, 15) is 9.59 Å². The zero-order valence-electron chi connectivity index (χ0n) is 5.63. The molecule has 3 heteroatoms. The second-order valence-corrected chi connectivity index (χ2v) is 2.34. The van der Waals surface area contributed by atoms with E-state index < -0.39 is 10.9 Å². The zero-order valence-corrected chi connectivity index (χ0v) is 5.63. The molecule has 54 valence electrons. The first-order chi connectivity index (χ1) is 5.29. The Labute approximate surface area is 62.0 Å². The second-order valence-electron chi connectivity index (χ2n) is 2.34. The van der Waals surface area contributed by atoms with E-state index in [0.717, 1.165) is 5.69 Å². The molecule has 0 atom stereocenters. The third-order valence-corrected chi connectivity index (χ3v) is 1.63. The maximum absolute atomic E-state index is 10.8. The van der Waals surface area contributed by atoms with Crippen molar-refractivity contribution >= 4 is 0 Å². The summed E-state index contributed by atoms with van der Waals surface area (Å²) in [4.78, 5) is 24.2. The average molecular weight is 147 g/mol. The highest BCUT2D eigenvalue weighted by Gasteiger charge is 2.10. The molecule has 2 aromatic rings. The van der Waals surface area contributed by atoms with Crippen molar-refractivity contribution in [3.8, 4) is 11.3 Å². The van der Waals surface area contributed by atoms with Gasteiger partial charge in [0.15, 0.2) is 0 Å². The molecule has 11 heavy (non-hydrogen) atoms. The van der Waals surface area contributed by atoms with Crippen molar-refractivity contribution in [3.05, 3.63) is 44.8 Å². The molecule has 0 radical (unpaired) electrons. The van der Waals surface area contributed by atoms with Crippen molar-refractivity contribution in [2.75, 3.05) is 0 Å². The fourth-order valence-corrected chi connectivity index (χ4v) is 1.02. The Morgan fingerprint density at radius 3 is 2.55 bits per heavy atom. The smallest absolute Gasteiger partial charge is 0.235 e. The summed E-state index contributed by atoms with van der Waals surface area (Å²) >= 11 is 0. The van der Waals surface area contributed by atoms with E-state index in [0.29, 0.717) is 5.56 Å². The van der Waals surface area contributed by atoms with E-state index in [1.54, 1.807) is 18.3 Å². The highest BCUT2D eigenvalue weighted by atomic mass is 16.2. The maximum Gasteiger partial charge on any atom is 0.235 e. The number of H-pyrrole nitrogens is 1. The average Bonchev–Trinajstić information content (AvgIpc) is 2.51. The minimum atomic E-state index is -0.408. The van der Waals surface area contributed by atoms with Crippen LogP contribution in [0.1, 0.15) is 0 Å². The van der Waals surface area contributed by atoms with E-state index in [1.165, 1.54) is 6.07 Å². The maximum atomic E-state index is 10.8. The van der Waals surface area contributed by atoms with Crippen LogP contribution in [-0.2, 0) is 0 Å². The van der Waals surface area contributed by atoms with Crippen LogP contribution in [0, 0.1) is 0 Å². The third kappa shape index (κ3) is 0.741. The Bertz CT molecular complexity index is 432. The summed E-state index contributed by atoms with van der Waals surface area (Å²) in [6, 6.07) is 4.89. The minimum absolute atomic E-state index is 0.396. The van der Waals surface area contributed by atoms with E-state index in [1.807, 2.05) is 0 Å². The summed E-state index contributed by atoms with van der Waals surface area (Å²) < 4.78 is 0. The Hall–Kier alpha value is -1.64. The van der Waals surface area contributed by atoms with E-state index in [2.05, 4.69) is 4.98 Å². The summed E-state index contributed by atoms with van der Waals surface area (Å²) in [7, 11) is 0. The standard InChI is InChI=1S/C8H5NO2/c10-7-4-5(8(7)11)6-2-1-3-9-6/h1-4,9H. The van der Waals surface area contributed by atoms with Crippen LogP contribution in [0.3, 0.4) is 0 Å². The SMILES string of the molecule is O=c1cc(-c2ccc[nH]2)c1=O. The first-order valence-electron chi connectivity index (χ1n) is 3.23. The molecule has 3 nitrogen and oxygen atoms in total. The van der Waals surface area contributed by atoms with Crippen molar-refractivity contribution in [1.82, 2.24) is 4.98 Å². The van der Waals surface area contributed by atoms with Crippen molar-refractivity contribution < 1.29 is 0 Å². The number of nitrogens with one attached hydrogen (secondary N) is 1. The monoisotopic (exact) mass is 147 g/mol. The highest BCUT2D eigenvalue weighted by Crippen LogP contribution is 2.09. The molecule has 2 rings (SSSR count). The van der Waals surface area contributed by atoms with Gasteiger partial charge in [-0.15, -0.1) is 0 Å². The van der Waals surface area contributed by atoms with Gasteiger partial charge in [0, 0.05) is 18.0 Å². The molecule has 0 spiro atoms. The summed E-state index contributed by atoms with van der Waals surface area (Å²) in [6.45, 7) is 0. The first kappa shape index (κ1) is 6.09. The quantitative estimate of drug-likeness (QED) is 0.589. The Kier molecular flexibility index (Phi) is 1.06. The lowest BCUT2D eigenvalue weighted by molar-refractivity contribution is 1.33. The van der Waals surface area contributed by atoms with Crippen molar-refractivity contribution in [1.29, 1.82) is 0 Å². The molecule has 0 amide bonds. The molecule has 1 aromatic carbocycles. The number of aromatic amines is 1. The lowest BCUT2D eigenvalue weighted by atomic mass is 10.1. The van der Waals surface area contributed by atoms with Gasteiger partial charge in [0.05, 0.1) is 5.56 Å². The molecule has 0 saturated heterocycles. The van der Waals surface area contributed by atoms with Crippen molar-refractivity contribution in [2.45, 2.75) is 0 Å². The summed E-state index contributed by atoms with van der Waals surface area (Å²) in [5.41, 5.74) is 0.400. The van der Waals surface area contributed by atoms with Crippen LogP contribution in [0.2, 0.25) is 0 Å². The molecule has 1 aromatic heterocycles. The molecule has 1 heterocycles. The van der Waals surface area contributed by atoms with E-state index in [4.69, 9.17) is 0 Å².